The fraction of sp³-hybridized carbons (Fsp3) is 0.615. The van der Waals surface area contributed by atoms with Crippen molar-refractivity contribution < 1.29 is 14.3 Å². The molecule has 108 valence electrons. The Hall–Kier alpha value is -1.36. The van der Waals surface area contributed by atoms with Crippen molar-refractivity contribution in [2.24, 2.45) is 0 Å². The lowest BCUT2D eigenvalue weighted by Crippen LogP contribution is -2.48. The van der Waals surface area contributed by atoms with E-state index in [9.17, 15) is 4.79 Å². The van der Waals surface area contributed by atoms with Crippen molar-refractivity contribution in [2.75, 3.05) is 21.3 Å². The van der Waals surface area contributed by atoms with Gasteiger partial charge in [0.25, 0.3) is 0 Å². The van der Waals surface area contributed by atoms with E-state index >= 15 is 0 Å². The molecule has 0 aliphatic heterocycles. The molecule has 0 saturated carbocycles. The smallest absolute Gasteiger partial charge is 0.315 e. The number of allylic oxidation sites excluding steroid dienone is 1. The minimum absolute atomic E-state index is 0.281. The van der Waals surface area contributed by atoms with Crippen molar-refractivity contribution in [3.63, 3.8) is 0 Å². The van der Waals surface area contributed by atoms with E-state index < -0.39 is 5.38 Å². The normalized spacial score (nSPS) is 22.7. The van der Waals surface area contributed by atoms with Gasteiger partial charge in [-0.1, -0.05) is 13.3 Å². The van der Waals surface area contributed by atoms with Gasteiger partial charge in [-0.2, -0.15) is 0 Å². The zero-order valence-corrected chi connectivity index (χ0v) is 12.5. The summed E-state index contributed by atoms with van der Waals surface area (Å²) in [6.45, 7) is 2.07. The lowest BCUT2D eigenvalue weighted by molar-refractivity contribution is 0.228. The Morgan fingerprint density at radius 1 is 1.42 bits per heavy atom. The highest BCUT2D eigenvalue weighted by Crippen LogP contribution is 2.32. The first kappa shape index (κ1) is 15.7. The number of methoxy groups -OCH3 is 2. The van der Waals surface area contributed by atoms with Crippen LogP contribution in [0.2, 0.25) is 0 Å². The van der Waals surface area contributed by atoms with Crippen LogP contribution in [0, 0.1) is 0 Å². The van der Waals surface area contributed by atoms with Gasteiger partial charge in [0.15, 0.2) is 0 Å². The van der Waals surface area contributed by atoms with Crippen LogP contribution in [0.4, 0.5) is 4.79 Å². The number of ether oxygens (including phenoxy) is 2. The van der Waals surface area contributed by atoms with Crippen molar-refractivity contribution >= 4 is 17.6 Å². The van der Waals surface area contributed by atoms with E-state index in [-0.39, 0.29) is 12.1 Å². The Morgan fingerprint density at radius 2 is 2.11 bits per heavy atom. The third-order valence-electron chi connectivity index (χ3n) is 3.02. The first-order valence-corrected chi connectivity index (χ1v) is 6.67. The number of hydrogen-bond acceptors (Lipinski definition) is 3. The molecule has 2 N–H and O–H groups in total. The van der Waals surface area contributed by atoms with Gasteiger partial charge in [-0.15, -0.1) is 11.6 Å². The molecule has 0 heterocycles. The third-order valence-corrected chi connectivity index (χ3v) is 3.49. The molecule has 0 radical (unpaired) electrons. The summed E-state index contributed by atoms with van der Waals surface area (Å²) in [6.07, 6.45) is 3.52. The molecule has 0 bridgehead atoms. The molecule has 19 heavy (non-hydrogen) atoms. The minimum Gasteiger partial charge on any atom is -0.499 e. The highest BCUT2D eigenvalue weighted by Gasteiger charge is 2.34. The van der Waals surface area contributed by atoms with Crippen LogP contribution in [0.15, 0.2) is 23.2 Å². The molecule has 0 spiro atoms. The molecule has 5 nitrogen and oxygen atoms in total. The van der Waals surface area contributed by atoms with Crippen LogP contribution in [0.25, 0.3) is 0 Å². The lowest BCUT2D eigenvalue weighted by atomic mass is 9.92. The molecule has 1 aliphatic rings. The summed E-state index contributed by atoms with van der Waals surface area (Å²) in [5.74, 6) is 1.29. The van der Waals surface area contributed by atoms with E-state index in [4.69, 9.17) is 21.1 Å². The average Bonchev–Trinajstić information content (AvgIpc) is 2.43. The van der Waals surface area contributed by atoms with Gasteiger partial charge < -0.3 is 20.1 Å². The van der Waals surface area contributed by atoms with Crippen molar-refractivity contribution in [1.29, 1.82) is 0 Å². The topological polar surface area (TPSA) is 59.6 Å². The predicted octanol–water partition coefficient (Wildman–Crippen LogP) is 2.14. The van der Waals surface area contributed by atoms with Gasteiger partial charge in [0.05, 0.1) is 20.3 Å². The fourth-order valence-corrected chi connectivity index (χ4v) is 2.45. The molecule has 0 aromatic heterocycles. The second-order valence-corrected chi connectivity index (χ2v) is 4.67. The van der Waals surface area contributed by atoms with Gasteiger partial charge in [-0.3, -0.25) is 0 Å². The molecular weight excluding hydrogens is 268 g/mol. The van der Waals surface area contributed by atoms with E-state index in [1.165, 1.54) is 0 Å². The Balaban J connectivity index is 3.12. The summed E-state index contributed by atoms with van der Waals surface area (Å²) in [4.78, 5) is 11.6. The van der Waals surface area contributed by atoms with E-state index in [2.05, 4.69) is 17.6 Å². The molecule has 1 rings (SSSR count). The van der Waals surface area contributed by atoms with Gasteiger partial charge >= 0.3 is 6.03 Å². The fourth-order valence-electron chi connectivity index (χ4n) is 2.08. The van der Waals surface area contributed by atoms with Crippen LogP contribution in [-0.2, 0) is 9.47 Å². The molecule has 0 aromatic rings. The van der Waals surface area contributed by atoms with Crippen LogP contribution in [0.1, 0.15) is 19.8 Å². The molecule has 1 aliphatic carbocycles. The van der Waals surface area contributed by atoms with Crippen molar-refractivity contribution in [3.8, 4) is 0 Å². The Labute approximate surface area is 119 Å². The third kappa shape index (κ3) is 3.56. The number of halogens is 1. The summed E-state index contributed by atoms with van der Waals surface area (Å²) in [6, 6.07) is -0.617. The van der Waals surface area contributed by atoms with Crippen molar-refractivity contribution in [3.05, 3.63) is 23.2 Å². The molecule has 2 amide bonds. The summed E-state index contributed by atoms with van der Waals surface area (Å²) in [7, 11) is 4.71. The number of amides is 2. The van der Waals surface area contributed by atoms with E-state index in [0.29, 0.717) is 11.5 Å². The SMILES string of the molecule is CCCC1=C(OC)C=C(OC)C(Cl)C1NC(=O)NC. The Kier molecular flexibility index (Phi) is 6.02. The largest absolute Gasteiger partial charge is 0.499 e. The second kappa shape index (κ2) is 7.28. The summed E-state index contributed by atoms with van der Waals surface area (Å²) in [5.41, 5.74) is 0.981. The first-order valence-electron chi connectivity index (χ1n) is 6.23. The van der Waals surface area contributed by atoms with Crippen LogP contribution in [0.3, 0.4) is 0 Å². The van der Waals surface area contributed by atoms with Crippen LogP contribution in [-0.4, -0.2) is 38.7 Å². The second-order valence-electron chi connectivity index (χ2n) is 4.20. The zero-order valence-electron chi connectivity index (χ0n) is 11.7. The van der Waals surface area contributed by atoms with Gasteiger partial charge in [-0.25, -0.2) is 4.79 Å². The number of hydrogen-bond donors (Lipinski definition) is 2. The summed E-state index contributed by atoms with van der Waals surface area (Å²) < 4.78 is 10.6. The standard InChI is InChI=1S/C13H21ClN2O3/c1-5-6-8-9(18-3)7-10(19-4)11(14)12(8)16-13(17)15-2/h7,11-12H,5-6H2,1-4H3,(H2,15,16,17). The number of carbonyl (C=O) groups is 1. The Bertz CT molecular complexity index is 393. The molecule has 0 saturated heterocycles. The maximum absolute atomic E-state index is 11.6. The summed E-state index contributed by atoms with van der Waals surface area (Å²) >= 11 is 6.38. The highest BCUT2D eigenvalue weighted by atomic mass is 35.5. The molecule has 0 fully saturated rings. The molecule has 6 heteroatoms. The first-order chi connectivity index (χ1) is 9.08. The monoisotopic (exact) mass is 288 g/mol. The summed E-state index contributed by atoms with van der Waals surface area (Å²) in [5, 5.41) is 4.93. The van der Waals surface area contributed by atoms with E-state index in [1.807, 2.05) is 0 Å². The number of carbonyl (C=O) groups excluding carboxylic acids is 1. The molecule has 2 unspecified atom stereocenters. The van der Waals surface area contributed by atoms with Crippen LogP contribution in [0.5, 0.6) is 0 Å². The van der Waals surface area contributed by atoms with Crippen molar-refractivity contribution in [1.82, 2.24) is 10.6 Å². The number of alkyl halides is 1. The van der Waals surface area contributed by atoms with Gasteiger partial charge in [-0.05, 0) is 12.0 Å². The molecular formula is C13H21ClN2O3. The highest BCUT2D eigenvalue weighted by molar-refractivity contribution is 6.23. The predicted molar refractivity (Wildman–Crippen MR) is 75.1 cm³/mol. The molecule has 2 atom stereocenters. The molecule has 0 aromatic carbocycles. The minimum atomic E-state index is -0.442. The number of nitrogens with one attached hydrogen (secondary N) is 2. The maximum Gasteiger partial charge on any atom is 0.315 e. The lowest BCUT2D eigenvalue weighted by Gasteiger charge is -2.31. The van der Waals surface area contributed by atoms with Gasteiger partial charge in [0.2, 0.25) is 0 Å². The van der Waals surface area contributed by atoms with Crippen LogP contribution < -0.4 is 10.6 Å². The maximum atomic E-state index is 11.6. The average molecular weight is 289 g/mol. The van der Waals surface area contributed by atoms with Crippen molar-refractivity contribution in [2.45, 2.75) is 31.2 Å². The van der Waals surface area contributed by atoms with E-state index in [1.54, 1.807) is 27.3 Å². The Morgan fingerprint density at radius 3 is 2.58 bits per heavy atom. The number of urea groups is 1. The quantitative estimate of drug-likeness (QED) is 0.762. The zero-order chi connectivity index (χ0) is 14.4. The number of rotatable bonds is 5. The van der Waals surface area contributed by atoms with Gasteiger partial charge in [0.1, 0.15) is 16.9 Å². The van der Waals surface area contributed by atoms with E-state index in [0.717, 1.165) is 18.4 Å². The van der Waals surface area contributed by atoms with Crippen LogP contribution >= 0.6 is 11.6 Å². The van der Waals surface area contributed by atoms with Gasteiger partial charge in [0, 0.05) is 13.1 Å².